The molecule has 0 radical (unpaired) electrons. The third-order valence-electron chi connectivity index (χ3n) is 16.8. The lowest BCUT2D eigenvalue weighted by Crippen LogP contribution is -2.39. The molecule has 5 heteroatoms. The second kappa shape index (κ2) is 12.2. The van der Waals surface area contributed by atoms with E-state index in [1.165, 1.54) is 115 Å². The molecule has 4 bridgehead atoms. The number of nitrogens with zero attached hydrogens (tertiary/aromatic N) is 3. The zero-order valence-electron chi connectivity index (χ0n) is 37.4. The number of rotatable bonds is 3. The lowest BCUT2D eigenvalue weighted by molar-refractivity contribution is 0.0893. The molecule has 4 aliphatic carbocycles. The molecule has 65 heavy (non-hydrogen) atoms. The number of hydrogen-bond acceptors (Lipinski definition) is 4. The Morgan fingerprint density at radius 3 is 1.68 bits per heavy atom. The van der Waals surface area contributed by atoms with Crippen molar-refractivity contribution < 1.29 is 8.83 Å². The zero-order chi connectivity index (χ0) is 43.2. The number of hydrogen-bond donors (Lipinski definition) is 0. The van der Waals surface area contributed by atoms with Gasteiger partial charge in [0.2, 0.25) is 0 Å². The van der Waals surface area contributed by atoms with E-state index in [-0.39, 0.29) is 10.8 Å². The highest BCUT2D eigenvalue weighted by Gasteiger charge is 2.54. The highest BCUT2D eigenvalue weighted by Crippen LogP contribution is 2.63. The summed E-state index contributed by atoms with van der Waals surface area (Å²) < 4.78 is 15.9. The fourth-order valence-corrected chi connectivity index (χ4v) is 14.7. The predicted molar refractivity (Wildman–Crippen MR) is 267 cm³/mol. The Bertz CT molecular complexity index is 4050. The molecular weight excluding hydrogens is 795 g/mol. The predicted octanol–water partition coefficient (Wildman–Crippen LogP) is 16.1. The van der Waals surface area contributed by atoms with E-state index >= 15 is 0 Å². The van der Waals surface area contributed by atoms with Gasteiger partial charge in [-0.3, -0.25) is 9.97 Å². The van der Waals surface area contributed by atoms with E-state index < -0.39 is 0 Å². The fraction of sp³-hybridized carbons (Fsp3) is 0.233. The van der Waals surface area contributed by atoms with Gasteiger partial charge >= 0.3 is 0 Å². The Balaban J connectivity index is 1.22. The molecule has 2 atom stereocenters. The van der Waals surface area contributed by atoms with E-state index in [2.05, 4.69) is 161 Å². The number of aryl methyl sites for hydroxylation is 3. The number of para-hydroxylation sites is 2. The minimum atomic E-state index is 0.0109. The van der Waals surface area contributed by atoms with E-state index in [1.807, 2.05) is 0 Å². The largest absolute Gasteiger partial charge is 0.456 e. The molecule has 0 aliphatic heterocycles. The Morgan fingerprint density at radius 1 is 0.523 bits per heavy atom. The van der Waals surface area contributed by atoms with Gasteiger partial charge in [0, 0.05) is 54.1 Å². The van der Waals surface area contributed by atoms with E-state index in [1.54, 1.807) is 0 Å². The molecule has 2 fully saturated rings. The molecule has 0 saturated heterocycles. The summed E-state index contributed by atoms with van der Waals surface area (Å²) in [5, 5.41) is 9.74. The minimum Gasteiger partial charge on any atom is -0.456 e. The molecule has 4 aliphatic rings. The summed E-state index contributed by atoms with van der Waals surface area (Å²) in [6.07, 6.45) is 10.7. The van der Waals surface area contributed by atoms with Crippen molar-refractivity contribution in [2.24, 2.45) is 11.8 Å². The SMILES string of the molecule is Cc1cccc(C)c1-c1ncc2c(c1C)c1c(-c3cccc4oc5ccccc5c34)cc(-c3cccc4oc5ccccc5c34)c3c4c5c(ncc4n2c13)C1(C)CC2CC(C1)CC5(C)C2. The van der Waals surface area contributed by atoms with Crippen molar-refractivity contribution >= 4 is 82.0 Å². The fourth-order valence-electron chi connectivity index (χ4n) is 14.7. The lowest BCUT2D eigenvalue weighted by atomic mass is 9.58. The molecule has 2 unspecified atom stereocenters. The van der Waals surface area contributed by atoms with Crippen LogP contribution in [0.15, 0.2) is 130 Å². The van der Waals surface area contributed by atoms with Crippen molar-refractivity contribution in [3.63, 3.8) is 0 Å². The average molecular weight is 842 g/mol. The summed E-state index contributed by atoms with van der Waals surface area (Å²) in [5.41, 5.74) is 20.7. The van der Waals surface area contributed by atoms with Crippen LogP contribution in [0.4, 0.5) is 0 Å². The molecule has 0 N–H and O–H groups in total. The van der Waals surface area contributed by atoms with Gasteiger partial charge in [-0.15, -0.1) is 0 Å². The van der Waals surface area contributed by atoms with Crippen LogP contribution in [0.5, 0.6) is 0 Å². The molecule has 314 valence electrons. The number of furan rings is 2. The van der Waals surface area contributed by atoms with E-state index in [4.69, 9.17) is 18.8 Å². The van der Waals surface area contributed by atoms with Crippen molar-refractivity contribution in [3.8, 4) is 33.5 Å². The van der Waals surface area contributed by atoms with Crippen LogP contribution in [0.1, 0.15) is 73.9 Å². The topological polar surface area (TPSA) is 56.5 Å². The molecule has 5 nitrogen and oxygen atoms in total. The number of pyridine rings is 2. The van der Waals surface area contributed by atoms with Crippen molar-refractivity contribution in [1.82, 2.24) is 14.4 Å². The van der Waals surface area contributed by atoms with Crippen molar-refractivity contribution in [3.05, 3.63) is 150 Å². The minimum absolute atomic E-state index is 0.0109. The number of aromatic nitrogens is 3. The van der Waals surface area contributed by atoms with Crippen LogP contribution in [0.2, 0.25) is 0 Å². The Kier molecular flexibility index (Phi) is 6.84. The van der Waals surface area contributed by atoms with Gasteiger partial charge in [-0.25, -0.2) is 0 Å². The summed E-state index contributed by atoms with van der Waals surface area (Å²) in [5.74, 6) is 1.44. The van der Waals surface area contributed by atoms with Gasteiger partial charge < -0.3 is 13.2 Å². The Labute approximate surface area is 376 Å². The maximum atomic E-state index is 6.68. The van der Waals surface area contributed by atoms with Gasteiger partial charge in [0.25, 0.3) is 0 Å². The van der Waals surface area contributed by atoms with Crippen molar-refractivity contribution in [1.29, 1.82) is 0 Å². The summed E-state index contributed by atoms with van der Waals surface area (Å²) in [7, 11) is 0. The van der Waals surface area contributed by atoms with Crippen LogP contribution in [-0.2, 0) is 10.8 Å². The van der Waals surface area contributed by atoms with Crippen molar-refractivity contribution in [2.75, 3.05) is 0 Å². The van der Waals surface area contributed by atoms with Crippen LogP contribution in [0.25, 0.3) is 115 Å². The van der Waals surface area contributed by atoms with Crippen LogP contribution >= 0.6 is 0 Å². The third-order valence-corrected chi connectivity index (χ3v) is 16.8. The van der Waals surface area contributed by atoms with E-state index in [0.29, 0.717) is 0 Å². The molecule has 6 heterocycles. The standard InChI is InChI=1S/C60H47N3O2/c1-31-13-10-14-32(2)48(31)56-33(3)49-42(29-61-56)63-43-30-62-58-55(59(4)25-34-23-35(26-59)28-60(58,5)27-34)54(43)53-41(37-18-12-22-47-51(37)39-16-7-9-20-45(39)65-47)24-40(52(49)57(53)63)36-17-11-21-46-50(36)38-15-6-8-19-44(38)64-46/h6-22,24,29-30,34-35H,23,25-28H2,1-5H3. The summed E-state index contributed by atoms with van der Waals surface area (Å²) in [6.45, 7) is 11.9. The van der Waals surface area contributed by atoms with Crippen LogP contribution in [-0.4, -0.2) is 14.4 Å². The molecule has 0 spiro atoms. The first-order chi connectivity index (χ1) is 31.7. The van der Waals surface area contributed by atoms with Gasteiger partial charge in [-0.1, -0.05) is 92.7 Å². The van der Waals surface area contributed by atoms with Crippen LogP contribution in [0, 0.1) is 32.6 Å². The van der Waals surface area contributed by atoms with Crippen molar-refractivity contribution in [2.45, 2.75) is 77.6 Å². The molecular formula is C60H47N3O2. The average Bonchev–Trinajstić information content (AvgIpc) is 4.04. The van der Waals surface area contributed by atoms with Gasteiger partial charge in [-0.05, 0) is 145 Å². The zero-order valence-corrected chi connectivity index (χ0v) is 37.4. The second-order valence-corrected chi connectivity index (χ2v) is 20.9. The number of benzene rings is 6. The highest BCUT2D eigenvalue weighted by atomic mass is 16.3. The van der Waals surface area contributed by atoms with Crippen LogP contribution < -0.4 is 0 Å². The molecule has 16 rings (SSSR count). The third kappa shape index (κ3) is 4.54. The molecule has 6 aromatic heterocycles. The summed E-state index contributed by atoms with van der Waals surface area (Å²) >= 11 is 0. The molecule has 0 amide bonds. The highest BCUT2D eigenvalue weighted by molar-refractivity contribution is 6.34. The maximum Gasteiger partial charge on any atom is 0.136 e. The smallest absolute Gasteiger partial charge is 0.136 e. The Hall–Kier alpha value is -6.98. The molecule has 12 aromatic rings. The summed E-state index contributed by atoms with van der Waals surface area (Å²) in [6, 6.07) is 39.5. The van der Waals surface area contributed by atoms with Crippen LogP contribution in [0.3, 0.4) is 0 Å². The molecule has 2 saturated carbocycles. The Morgan fingerprint density at radius 2 is 1.05 bits per heavy atom. The molecule has 6 aromatic carbocycles. The first kappa shape index (κ1) is 36.4. The quantitative estimate of drug-likeness (QED) is 0.178. The lowest BCUT2D eigenvalue weighted by Gasteiger charge is -2.46. The van der Waals surface area contributed by atoms with E-state index in [9.17, 15) is 0 Å². The second-order valence-electron chi connectivity index (χ2n) is 20.9. The van der Waals surface area contributed by atoms with Gasteiger partial charge in [0.1, 0.15) is 22.3 Å². The first-order valence-corrected chi connectivity index (χ1v) is 23.6. The summed E-state index contributed by atoms with van der Waals surface area (Å²) in [4.78, 5) is 11.2. The normalized spacial score (nSPS) is 21.7. The van der Waals surface area contributed by atoms with Gasteiger partial charge in [-0.2, -0.15) is 0 Å². The van der Waals surface area contributed by atoms with E-state index in [0.717, 1.165) is 72.5 Å². The first-order valence-electron chi connectivity index (χ1n) is 23.6. The number of fused-ring (bicyclic) bond motifs is 12. The van der Waals surface area contributed by atoms with Gasteiger partial charge in [0.05, 0.1) is 40.3 Å². The maximum absolute atomic E-state index is 6.68. The monoisotopic (exact) mass is 841 g/mol. The van der Waals surface area contributed by atoms with Gasteiger partial charge in [0.15, 0.2) is 0 Å².